The van der Waals surface area contributed by atoms with Crippen molar-refractivity contribution in [1.29, 1.82) is 0 Å². The van der Waals surface area contributed by atoms with Crippen LogP contribution in [0.15, 0.2) is 224 Å². The van der Waals surface area contributed by atoms with Gasteiger partial charge in [-0.3, -0.25) is 4.99 Å². The molecule has 0 saturated carbocycles. The van der Waals surface area contributed by atoms with Crippen LogP contribution in [0.3, 0.4) is 0 Å². The van der Waals surface area contributed by atoms with Gasteiger partial charge in [-0.2, -0.15) is 0 Å². The number of aliphatic imine (C=N–C) groups is 1. The van der Waals surface area contributed by atoms with E-state index in [4.69, 9.17) is 13.8 Å². The van der Waals surface area contributed by atoms with Crippen LogP contribution in [0, 0.1) is 11.8 Å². The first-order chi connectivity index (χ1) is 32.6. The highest BCUT2D eigenvalue weighted by Gasteiger charge is 2.41. The molecular formula is C62H46N2O2. The standard InChI is InChI=1S/C62H46N2O2/c1-36-25-27-46-53(59(42-18-11-17-39(33-42)38-13-3-2-4-14-38)64-58(36)50-22-12-21-47-44-19-7-9-23-55(44)65-61(47)50)32-37-26-28-43-51-34-40-15-5-6-16-41(40)35-54(51)63-60(52(43)31-37)49-30-29-48-45-20-8-10-24-56(45)66-62(48)57(46)49/h2-16,18-24,26-31,33-36,39,43,52,60,63H,17,25,32H2,1H3/b46-27-,59-53-,64-58+. The summed E-state index contributed by atoms with van der Waals surface area (Å²) in [4.78, 5) is 6.06. The molecule has 7 aromatic carbocycles. The summed E-state index contributed by atoms with van der Waals surface area (Å²) in [5.74, 6) is 0.658. The second-order valence-electron chi connectivity index (χ2n) is 18.9. The molecule has 0 fully saturated rings. The normalized spacial score (nSPS) is 25.0. The number of anilines is 1. The number of para-hydroxylation sites is 3. The highest BCUT2D eigenvalue weighted by atomic mass is 16.3. The van der Waals surface area contributed by atoms with Crippen molar-refractivity contribution in [2.24, 2.45) is 16.8 Å². The maximum atomic E-state index is 7.13. The van der Waals surface area contributed by atoms with Crippen LogP contribution in [-0.2, 0) is 0 Å². The monoisotopic (exact) mass is 850 g/mol. The average Bonchev–Trinajstić information content (AvgIpc) is 3.95. The van der Waals surface area contributed by atoms with Crippen molar-refractivity contribution < 1.29 is 8.83 Å². The zero-order chi connectivity index (χ0) is 43.5. The van der Waals surface area contributed by atoms with Gasteiger partial charge in [0.25, 0.3) is 0 Å². The molecule has 0 saturated heterocycles. The van der Waals surface area contributed by atoms with Gasteiger partial charge in [-0.25, -0.2) is 0 Å². The van der Waals surface area contributed by atoms with Crippen molar-refractivity contribution >= 4 is 71.6 Å². The van der Waals surface area contributed by atoms with Crippen molar-refractivity contribution in [1.82, 2.24) is 0 Å². The SMILES string of the molecule is CC1C/C=C2/C(=C(C3=CC(c4ccccc4)CC=C3)\N=C/1c1cccc3c1oc1ccccc13)CC1=CC3C(C=C1)c1cc4ccccc4cc1NC3c1ccc3c(oc4ccccc43)c12. The highest BCUT2D eigenvalue weighted by Crippen LogP contribution is 2.55. The summed E-state index contributed by atoms with van der Waals surface area (Å²) < 4.78 is 13.9. The zero-order valence-electron chi connectivity index (χ0n) is 36.7. The van der Waals surface area contributed by atoms with Gasteiger partial charge in [0.05, 0.1) is 17.5 Å². The molecule has 5 aliphatic rings. The summed E-state index contributed by atoms with van der Waals surface area (Å²) in [6, 6.07) is 52.7. The van der Waals surface area contributed by atoms with Gasteiger partial charge in [0.1, 0.15) is 22.3 Å². The molecule has 4 heterocycles. The summed E-state index contributed by atoms with van der Waals surface area (Å²) in [6.45, 7) is 2.34. The number of fused-ring (bicyclic) bond motifs is 14. The number of furan rings is 2. The van der Waals surface area contributed by atoms with E-state index in [1.54, 1.807) is 0 Å². The van der Waals surface area contributed by atoms with Crippen LogP contribution in [0.4, 0.5) is 5.69 Å². The Balaban J connectivity index is 1.07. The van der Waals surface area contributed by atoms with Crippen molar-refractivity contribution in [3.8, 4) is 0 Å². The Morgan fingerprint density at radius 1 is 0.636 bits per heavy atom. The van der Waals surface area contributed by atoms with Gasteiger partial charge in [0, 0.05) is 62.0 Å². The van der Waals surface area contributed by atoms with Gasteiger partial charge in [-0.1, -0.05) is 165 Å². The van der Waals surface area contributed by atoms with E-state index in [0.29, 0.717) is 0 Å². The van der Waals surface area contributed by atoms with Gasteiger partial charge in [0.15, 0.2) is 0 Å². The maximum Gasteiger partial charge on any atom is 0.144 e. The molecule has 2 bridgehead atoms. The predicted octanol–water partition coefficient (Wildman–Crippen LogP) is 16.2. The van der Waals surface area contributed by atoms with Gasteiger partial charge < -0.3 is 14.2 Å². The summed E-state index contributed by atoms with van der Waals surface area (Å²) in [6.07, 6.45) is 19.6. The molecule has 66 heavy (non-hydrogen) atoms. The number of hydrogen-bond acceptors (Lipinski definition) is 4. The third-order valence-electron chi connectivity index (χ3n) is 15.1. The van der Waals surface area contributed by atoms with Crippen LogP contribution < -0.4 is 5.32 Å². The van der Waals surface area contributed by atoms with Crippen molar-refractivity contribution in [3.63, 3.8) is 0 Å². The third kappa shape index (κ3) is 5.80. The van der Waals surface area contributed by atoms with Crippen molar-refractivity contribution in [2.45, 2.75) is 44.1 Å². The number of allylic oxidation sites excluding steroid dienone is 9. The van der Waals surface area contributed by atoms with E-state index in [-0.39, 0.29) is 29.7 Å². The van der Waals surface area contributed by atoms with E-state index in [1.807, 2.05) is 0 Å². The van der Waals surface area contributed by atoms with Crippen molar-refractivity contribution in [3.05, 3.63) is 238 Å². The lowest BCUT2D eigenvalue weighted by atomic mass is 9.71. The second-order valence-corrected chi connectivity index (χ2v) is 18.9. The first kappa shape index (κ1) is 37.7. The molecule has 3 aliphatic carbocycles. The molecule has 2 aliphatic heterocycles. The summed E-state index contributed by atoms with van der Waals surface area (Å²) in [7, 11) is 0. The Bertz CT molecular complexity index is 3750. The lowest BCUT2D eigenvalue weighted by Gasteiger charge is -2.41. The van der Waals surface area contributed by atoms with Gasteiger partial charge in [-0.15, -0.1) is 0 Å². The van der Waals surface area contributed by atoms with Crippen LogP contribution in [0.5, 0.6) is 0 Å². The van der Waals surface area contributed by atoms with E-state index >= 15 is 0 Å². The minimum atomic E-state index is -0.0104. The lowest BCUT2D eigenvalue weighted by Crippen LogP contribution is -2.31. The Morgan fingerprint density at radius 3 is 2.20 bits per heavy atom. The Morgan fingerprint density at radius 2 is 1.36 bits per heavy atom. The Hall–Kier alpha value is -7.69. The summed E-state index contributed by atoms with van der Waals surface area (Å²) in [5.41, 5.74) is 17.9. The van der Waals surface area contributed by atoms with Gasteiger partial charge >= 0.3 is 0 Å². The molecule has 5 unspecified atom stereocenters. The van der Waals surface area contributed by atoms with Gasteiger partial charge in [0.2, 0.25) is 0 Å². The molecule has 4 heteroatoms. The van der Waals surface area contributed by atoms with Crippen molar-refractivity contribution in [2.75, 3.05) is 5.32 Å². The molecule has 316 valence electrons. The van der Waals surface area contributed by atoms with Crippen LogP contribution in [0.1, 0.15) is 71.9 Å². The first-order valence-corrected chi connectivity index (χ1v) is 23.6. The molecule has 9 aromatic rings. The molecule has 14 rings (SSSR count). The average molecular weight is 851 g/mol. The number of nitrogens with zero attached hydrogens (tertiary/aromatic N) is 1. The Labute approximate surface area is 383 Å². The van der Waals surface area contributed by atoms with Crippen LogP contribution in [0.25, 0.3) is 60.2 Å². The third-order valence-corrected chi connectivity index (χ3v) is 15.1. The largest absolute Gasteiger partial charge is 0.455 e. The fourth-order valence-electron chi connectivity index (χ4n) is 11.9. The topological polar surface area (TPSA) is 50.7 Å². The number of benzene rings is 7. The minimum Gasteiger partial charge on any atom is -0.455 e. The van der Waals surface area contributed by atoms with E-state index < -0.39 is 0 Å². The zero-order valence-corrected chi connectivity index (χ0v) is 36.7. The summed E-state index contributed by atoms with van der Waals surface area (Å²) >= 11 is 0. The lowest BCUT2D eigenvalue weighted by molar-refractivity contribution is 0.478. The van der Waals surface area contributed by atoms with Crippen LogP contribution in [-0.4, -0.2) is 5.71 Å². The molecule has 1 N–H and O–H groups in total. The van der Waals surface area contributed by atoms with E-state index in [1.165, 1.54) is 55.4 Å². The van der Waals surface area contributed by atoms with Crippen LogP contribution in [0.2, 0.25) is 0 Å². The molecule has 0 spiro atoms. The van der Waals surface area contributed by atoms with Gasteiger partial charge in [-0.05, 0) is 99.3 Å². The van der Waals surface area contributed by atoms with Crippen LogP contribution >= 0.6 is 0 Å². The smallest absolute Gasteiger partial charge is 0.144 e. The molecule has 4 nitrogen and oxygen atoms in total. The first-order valence-electron chi connectivity index (χ1n) is 23.6. The highest BCUT2D eigenvalue weighted by molar-refractivity contribution is 6.17. The number of hydrogen-bond donors (Lipinski definition) is 1. The summed E-state index contributed by atoms with van der Waals surface area (Å²) in [5, 5.41) is 11.2. The fraction of sp³-hybridized carbons (Fsp3) is 0.145. The molecular weight excluding hydrogens is 805 g/mol. The van der Waals surface area contributed by atoms with E-state index in [9.17, 15) is 0 Å². The van der Waals surface area contributed by atoms with E-state index in [0.717, 1.165) is 85.7 Å². The molecule has 2 aromatic heterocycles. The fourth-order valence-corrected chi connectivity index (χ4v) is 11.9. The molecule has 5 atom stereocenters. The maximum absolute atomic E-state index is 7.13. The second kappa shape index (κ2) is 14.7. The molecule has 0 amide bonds. The molecule has 0 radical (unpaired) electrons. The Kier molecular flexibility index (Phi) is 8.37. The quantitative estimate of drug-likeness (QED) is 0.193. The number of nitrogens with one attached hydrogen (secondary N) is 1. The predicted molar refractivity (Wildman–Crippen MR) is 272 cm³/mol. The number of rotatable bonds is 3. The van der Waals surface area contributed by atoms with E-state index in [2.05, 4.69) is 200 Å². The minimum absolute atomic E-state index is 0.0104.